The molecule has 0 radical (unpaired) electrons. The second kappa shape index (κ2) is 10.1. The van der Waals surface area contributed by atoms with Gasteiger partial charge in [0.05, 0.1) is 0 Å². The number of anilines is 1. The molecular weight excluding hydrogens is 290 g/mol. The third-order valence-corrected chi connectivity index (χ3v) is 3.41. The van der Waals surface area contributed by atoms with E-state index in [2.05, 4.69) is 48.3 Å². The van der Waals surface area contributed by atoms with Gasteiger partial charge in [-0.05, 0) is 30.0 Å². The Kier molecular flexibility index (Phi) is 8.48. The lowest BCUT2D eigenvalue weighted by atomic mass is 10.2. The predicted molar refractivity (Wildman–Crippen MR) is 95.9 cm³/mol. The number of benzene rings is 1. The van der Waals surface area contributed by atoms with Crippen molar-refractivity contribution in [3.8, 4) is 0 Å². The Labute approximate surface area is 140 Å². The van der Waals surface area contributed by atoms with Crippen molar-refractivity contribution in [3.63, 3.8) is 0 Å². The molecule has 0 fully saturated rings. The molecule has 1 aromatic rings. The maximum absolute atomic E-state index is 12.0. The minimum atomic E-state index is -0.0504. The number of urea groups is 1. The minimum Gasteiger partial charge on any atom is -0.381 e. The van der Waals surface area contributed by atoms with Gasteiger partial charge in [-0.2, -0.15) is 0 Å². The summed E-state index contributed by atoms with van der Waals surface area (Å²) in [6, 6.07) is 8.18. The second-order valence-corrected chi connectivity index (χ2v) is 6.47. The fourth-order valence-electron chi connectivity index (χ4n) is 2.07. The molecule has 1 rings (SSSR count). The molecule has 0 aliphatic heterocycles. The van der Waals surface area contributed by atoms with Crippen LogP contribution in [0, 0.1) is 5.92 Å². The summed E-state index contributed by atoms with van der Waals surface area (Å²) in [4.78, 5) is 15.8. The Hall–Kier alpha value is -1.75. The van der Waals surface area contributed by atoms with Crippen molar-refractivity contribution in [2.24, 2.45) is 5.92 Å². The van der Waals surface area contributed by atoms with Gasteiger partial charge in [0.15, 0.2) is 0 Å². The highest BCUT2D eigenvalue weighted by molar-refractivity contribution is 5.73. The van der Waals surface area contributed by atoms with Crippen molar-refractivity contribution in [2.75, 3.05) is 45.8 Å². The van der Waals surface area contributed by atoms with Crippen LogP contribution < -0.4 is 10.2 Å². The smallest absolute Gasteiger partial charge is 0.317 e. The molecule has 0 unspecified atom stereocenters. The molecule has 0 aliphatic carbocycles. The molecule has 2 amide bonds. The summed E-state index contributed by atoms with van der Waals surface area (Å²) in [5, 5.41) is 2.92. The van der Waals surface area contributed by atoms with E-state index >= 15 is 0 Å². The summed E-state index contributed by atoms with van der Waals surface area (Å²) in [6.45, 7) is 6.96. The van der Waals surface area contributed by atoms with Crippen molar-refractivity contribution >= 4 is 11.7 Å². The van der Waals surface area contributed by atoms with Crippen molar-refractivity contribution in [1.82, 2.24) is 10.2 Å². The predicted octanol–water partition coefficient (Wildman–Crippen LogP) is 2.96. The van der Waals surface area contributed by atoms with Crippen molar-refractivity contribution < 1.29 is 9.53 Å². The molecule has 5 nitrogen and oxygen atoms in total. The van der Waals surface area contributed by atoms with Crippen LogP contribution >= 0.6 is 0 Å². The first-order chi connectivity index (χ1) is 10.9. The zero-order valence-corrected chi connectivity index (χ0v) is 15.1. The highest BCUT2D eigenvalue weighted by Gasteiger charge is 2.08. The van der Waals surface area contributed by atoms with E-state index in [0.29, 0.717) is 25.6 Å². The van der Waals surface area contributed by atoms with Gasteiger partial charge in [-0.25, -0.2) is 4.79 Å². The zero-order chi connectivity index (χ0) is 17.2. The fourth-order valence-corrected chi connectivity index (χ4v) is 2.07. The topological polar surface area (TPSA) is 44.8 Å². The molecule has 0 saturated carbocycles. The summed E-state index contributed by atoms with van der Waals surface area (Å²) in [5.74, 6) is 0.551. The number of rotatable bonds is 9. The third kappa shape index (κ3) is 7.88. The Morgan fingerprint density at radius 1 is 1.17 bits per heavy atom. The summed E-state index contributed by atoms with van der Waals surface area (Å²) in [7, 11) is 5.84. The lowest BCUT2D eigenvalue weighted by molar-refractivity contribution is 0.108. The summed E-state index contributed by atoms with van der Waals surface area (Å²) >= 11 is 0. The van der Waals surface area contributed by atoms with E-state index in [1.54, 1.807) is 4.90 Å². The molecule has 0 saturated heterocycles. The van der Waals surface area contributed by atoms with Gasteiger partial charge < -0.3 is 19.9 Å². The van der Waals surface area contributed by atoms with Crippen LogP contribution in [0.1, 0.15) is 25.8 Å². The minimum absolute atomic E-state index is 0.0504. The Bertz CT molecular complexity index is 458. The largest absolute Gasteiger partial charge is 0.381 e. The fraction of sp³-hybridized carbons (Fsp3) is 0.611. The summed E-state index contributed by atoms with van der Waals surface area (Å²) < 4.78 is 5.49. The normalized spacial score (nSPS) is 10.7. The van der Waals surface area contributed by atoms with E-state index < -0.39 is 0 Å². The van der Waals surface area contributed by atoms with Crippen molar-refractivity contribution in [2.45, 2.75) is 26.8 Å². The SMILES string of the molecule is CC(C)COCCCNC(=O)N(C)Cc1ccc(N(C)C)cc1. The van der Waals surface area contributed by atoms with Crippen LogP contribution in [0.25, 0.3) is 0 Å². The van der Waals surface area contributed by atoms with Crippen molar-refractivity contribution in [3.05, 3.63) is 29.8 Å². The second-order valence-electron chi connectivity index (χ2n) is 6.47. The highest BCUT2D eigenvalue weighted by Crippen LogP contribution is 2.13. The van der Waals surface area contributed by atoms with Crippen molar-refractivity contribution in [1.29, 1.82) is 0 Å². The van der Waals surface area contributed by atoms with Crippen LogP contribution in [0.2, 0.25) is 0 Å². The third-order valence-electron chi connectivity index (χ3n) is 3.41. The molecular formula is C18H31N3O2. The van der Waals surface area contributed by atoms with Crippen LogP contribution in [0.4, 0.5) is 10.5 Å². The number of amides is 2. The van der Waals surface area contributed by atoms with E-state index in [0.717, 1.165) is 24.3 Å². The van der Waals surface area contributed by atoms with Gasteiger partial charge in [0, 0.05) is 53.1 Å². The number of nitrogens with one attached hydrogen (secondary N) is 1. The molecule has 23 heavy (non-hydrogen) atoms. The van der Waals surface area contributed by atoms with Gasteiger partial charge in [-0.3, -0.25) is 0 Å². The quantitative estimate of drug-likeness (QED) is 0.711. The van der Waals surface area contributed by atoms with Gasteiger partial charge in [0.2, 0.25) is 0 Å². The summed E-state index contributed by atoms with van der Waals surface area (Å²) in [6.07, 6.45) is 0.837. The van der Waals surface area contributed by atoms with Crippen LogP contribution in [-0.4, -0.2) is 51.8 Å². The number of hydrogen-bond acceptors (Lipinski definition) is 3. The first-order valence-corrected chi connectivity index (χ1v) is 8.23. The standard InChI is InChI=1S/C18H31N3O2/c1-15(2)14-23-12-6-11-19-18(22)21(5)13-16-7-9-17(10-8-16)20(3)4/h7-10,15H,6,11-14H2,1-5H3,(H,19,22). The molecule has 0 atom stereocenters. The Morgan fingerprint density at radius 2 is 1.83 bits per heavy atom. The molecule has 0 heterocycles. The van der Waals surface area contributed by atoms with Gasteiger partial charge >= 0.3 is 6.03 Å². The maximum Gasteiger partial charge on any atom is 0.317 e. The van der Waals surface area contributed by atoms with Crippen LogP contribution in [0.3, 0.4) is 0 Å². The Morgan fingerprint density at radius 3 is 2.39 bits per heavy atom. The van der Waals surface area contributed by atoms with Crippen LogP contribution in [0.15, 0.2) is 24.3 Å². The maximum atomic E-state index is 12.0. The van der Waals surface area contributed by atoms with E-state index in [1.165, 1.54) is 0 Å². The van der Waals surface area contributed by atoms with E-state index in [1.807, 2.05) is 21.1 Å². The van der Waals surface area contributed by atoms with E-state index in [9.17, 15) is 4.79 Å². The van der Waals surface area contributed by atoms with Crippen LogP contribution in [-0.2, 0) is 11.3 Å². The molecule has 0 bridgehead atoms. The Balaban J connectivity index is 2.25. The molecule has 0 aromatic heterocycles. The molecule has 1 aromatic carbocycles. The average molecular weight is 321 g/mol. The molecule has 130 valence electrons. The number of carbonyl (C=O) groups excluding carboxylic acids is 1. The van der Waals surface area contributed by atoms with E-state index in [4.69, 9.17) is 4.74 Å². The first-order valence-electron chi connectivity index (χ1n) is 8.23. The highest BCUT2D eigenvalue weighted by atomic mass is 16.5. The van der Waals surface area contributed by atoms with Gasteiger partial charge in [0.1, 0.15) is 0 Å². The number of carbonyl (C=O) groups is 1. The lowest BCUT2D eigenvalue weighted by Gasteiger charge is -2.19. The molecule has 1 N–H and O–H groups in total. The molecule has 0 aliphatic rings. The first kappa shape index (κ1) is 19.3. The summed E-state index contributed by atoms with van der Waals surface area (Å²) in [5.41, 5.74) is 2.27. The monoisotopic (exact) mass is 321 g/mol. The molecule has 0 spiro atoms. The lowest BCUT2D eigenvalue weighted by Crippen LogP contribution is -2.37. The zero-order valence-electron chi connectivity index (χ0n) is 15.1. The van der Waals surface area contributed by atoms with E-state index in [-0.39, 0.29) is 6.03 Å². The van der Waals surface area contributed by atoms with Crippen LogP contribution in [0.5, 0.6) is 0 Å². The van der Waals surface area contributed by atoms with Gasteiger partial charge in [-0.1, -0.05) is 26.0 Å². The number of ether oxygens (including phenoxy) is 1. The molecule has 5 heteroatoms. The number of nitrogens with zero attached hydrogens (tertiary/aromatic N) is 2. The number of hydrogen-bond donors (Lipinski definition) is 1. The van der Waals surface area contributed by atoms with Gasteiger partial charge in [0.25, 0.3) is 0 Å². The van der Waals surface area contributed by atoms with Gasteiger partial charge in [-0.15, -0.1) is 0 Å². The average Bonchev–Trinajstić information content (AvgIpc) is 2.50.